The van der Waals surface area contributed by atoms with Crippen molar-refractivity contribution >= 4 is 33.3 Å². The van der Waals surface area contributed by atoms with Crippen molar-refractivity contribution < 1.29 is 23.6 Å². The Bertz CT molecular complexity index is 670. The SMILES string of the molecule is NC(=O)Oc1sc2c([N+](=O)[O-])cc(F)cc2[n+]1[O-]. The number of nitrogens with two attached hydrogens (primary N) is 1. The third-order valence-electron chi connectivity index (χ3n) is 1.97. The first-order valence-corrected chi connectivity index (χ1v) is 5.19. The van der Waals surface area contributed by atoms with Crippen molar-refractivity contribution in [3.8, 4) is 5.19 Å². The molecule has 2 aromatic rings. The first kappa shape index (κ1) is 12.0. The van der Waals surface area contributed by atoms with Crippen molar-refractivity contribution in [3.63, 3.8) is 0 Å². The van der Waals surface area contributed by atoms with Crippen molar-refractivity contribution in [3.05, 3.63) is 33.3 Å². The number of nitro groups is 1. The van der Waals surface area contributed by atoms with E-state index in [9.17, 15) is 24.5 Å². The van der Waals surface area contributed by atoms with Crippen molar-refractivity contribution in [2.75, 3.05) is 0 Å². The molecule has 2 N–H and O–H groups in total. The maximum Gasteiger partial charge on any atom is 0.452 e. The highest BCUT2D eigenvalue weighted by molar-refractivity contribution is 7.20. The van der Waals surface area contributed by atoms with Crippen LogP contribution in [0.3, 0.4) is 0 Å². The predicted octanol–water partition coefficient (Wildman–Crippen LogP) is 1.04. The first-order valence-electron chi connectivity index (χ1n) is 4.37. The van der Waals surface area contributed by atoms with Crippen molar-refractivity contribution in [2.45, 2.75) is 0 Å². The van der Waals surface area contributed by atoms with Gasteiger partial charge < -0.3 is 15.7 Å². The molecule has 2 rings (SSSR count). The minimum atomic E-state index is -1.24. The van der Waals surface area contributed by atoms with Crippen LogP contribution in [-0.4, -0.2) is 11.0 Å². The summed E-state index contributed by atoms with van der Waals surface area (Å²) in [6, 6.07) is 1.48. The maximum absolute atomic E-state index is 13.1. The highest BCUT2D eigenvalue weighted by Crippen LogP contribution is 2.33. The van der Waals surface area contributed by atoms with Crippen molar-refractivity contribution in [1.29, 1.82) is 0 Å². The van der Waals surface area contributed by atoms with Gasteiger partial charge in [0.15, 0.2) is 4.70 Å². The second-order valence-corrected chi connectivity index (χ2v) is 4.08. The van der Waals surface area contributed by atoms with Crippen LogP contribution in [0.4, 0.5) is 14.9 Å². The molecule has 0 aliphatic carbocycles. The number of nitrogens with zero attached hydrogens (tertiary/aromatic N) is 2. The number of non-ortho nitro benzene ring substituents is 1. The highest BCUT2D eigenvalue weighted by Gasteiger charge is 2.27. The quantitative estimate of drug-likeness (QED) is 0.379. The van der Waals surface area contributed by atoms with Gasteiger partial charge in [-0.15, -0.1) is 4.73 Å². The average Bonchev–Trinajstić information content (AvgIpc) is 2.55. The molecule has 94 valence electrons. The lowest BCUT2D eigenvalue weighted by Gasteiger charge is -1.96. The Labute approximate surface area is 102 Å². The van der Waals surface area contributed by atoms with Crippen LogP contribution in [0.1, 0.15) is 0 Å². The van der Waals surface area contributed by atoms with E-state index in [4.69, 9.17) is 5.73 Å². The summed E-state index contributed by atoms with van der Waals surface area (Å²) in [4.78, 5) is 20.4. The molecule has 8 nitrogen and oxygen atoms in total. The average molecular weight is 273 g/mol. The summed E-state index contributed by atoms with van der Waals surface area (Å²) in [6.07, 6.45) is -1.24. The third-order valence-corrected chi connectivity index (χ3v) is 3.02. The summed E-state index contributed by atoms with van der Waals surface area (Å²) in [6.45, 7) is 0. The van der Waals surface area contributed by atoms with Crippen LogP contribution in [-0.2, 0) is 0 Å². The standard InChI is InChI=1S/C8H4FN3O5S/c9-3-1-4-6(5(2-3)12(15)16)18-8(11(4)14)17-7(10)13/h1-2H,(H2,10,13). The fraction of sp³-hybridized carbons (Fsp3) is 0. The molecular formula is C8H4FN3O5S. The van der Waals surface area contributed by atoms with Gasteiger partial charge in [0.25, 0.3) is 5.69 Å². The number of hydrogen-bond acceptors (Lipinski definition) is 6. The van der Waals surface area contributed by atoms with E-state index in [1.165, 1.54) is 0 Å². The van der Waals surface area contributed by atoms with E-state index < -0.39 is 27.7 Å². The topological polar surface area (TPSA) is 122 Å². The minimum Gasteiger partial charge on any atom is -0.615 e. The van der Waals surface area contributed by atoms with Gasteiger partial charge in [0.2, 0.25) is 5.52 Å². The van der Waals surface area contributed by atoms with E-state index in [2.05, 4.69) is 4.74 Å². The number of primary amides is 1. The van der Waals surface area contributed by atoms with Crippen LogP contribution in [0.25, 0.3) is 10.2 Å². The lowest BCUT2D eigenvalue weighted by molar-refractivity contribution is -0.577. The normalized spacial score (nSPS) is 10.5. The van der Waals surface area contributed by atoms with E-state index in [-0.39, 0.29) is 14.9 Å². The van der Waals surface area contributed by atoms with Gasteiger partial charge in [0.1, 0.15) is 5.82 Å². The van der Waals surface area contributed by atoms with E-state index in [0.29, 0.717) is 17.4 Å². The summed E-state index contributed by atoms with van der Waals surface area (Å²) in [7, 11) is 0. The zero-order chi connectivity index (χ0) is 13.4. The molecule has 18 heavy (non-hydrogen) atoms. The summed E-state index contributed by atoms with van der Waals surface area (Å²) < 4.78 is 17.5. The Morgan fingerprint density at radius 3 is 2.78 bits per heavy atom. The third kappa shape index (κ3) is 1.88. The molecule has 0 spiro atoms. The van der Waals surface area contributed by atoms with E-state index in [0.717, 1.165) is 6.07 Å². The molecular weight excluding hydrogens is 269 g/mol. The van der Waals surface area contributed by atoms with Crippen LogP contribution in [0.5, 0.6) is 5.19 Å². The number of rotatable bonds is 2. The van der Waals surface area contributed by atoms with Gasteiger partial charge in [-0.3, -0.25) is 10.1 Å². The molecule has 0 atom stereocenters. The van der Waals surface area contributed by atoms with Gasteiger partial charge in [0.05, 0.1) is 11.0 Å². The molecule has 1 aromatic heterocycles. The number of carbonyl (C=O) groups is 1. The molecule has 0 saturated heterocycles. The second-order valence-electron chi connectivity index (χ2n) is 3.11. The molecule has 1 amide bonds. The number of benzene rings is 1. The second kappa shape index (κ2) is 4.07. The summed E-state index contributed by atoms with van der Waals surface area (Å²) in [5.41, 5.74) is 3.84. The minimum absolute atomic E-state index is 0.0703. The van der Waals surface area contributed by atoms with Crippen LogP contribution in [0.15, 0.2) is 12.1 Å². The number of fused-ring (bicyclic) bond motifs is 1. The Kier molecular flexibility index (Phi) is 2.71. The fourth-order valence-corrected chi connectivity index (χ4v) is 2.30. The van der Waals surface area contributed by atoms with Gasteiger partial charge in [-0.2, -0.15) is 0 Å². The lowest BCUT2D eigenvalue weighted by atomic mass is 10.3. The Balaban J connectivity index is 2.74. The van der Waals surface area contributed by atoms with Crippen molar-refractivity contribution in [1.82, 2.24) is 0 Å². The van der Waals surface area contributed by atoms with Crippen LogP contribution in [0, 0.1) is 21.1 Å². The number of ether oxygens (including phenoxy) is 1. The van der Waals surface area contributed by atoms with Crippen LogP contribution in [0.2, 0.25) is 0 Å². The van der Waals surface area contributed by atoms with Crippen LogP contribution >= 0.6 is 11.3 Å². The molecule has 1 heterocycles. The van der Waals surface area contributed by atoms with Gasteiger partial charge in [-0.05, 0) is 11.3 Å². The number of halogens is 1. The summed E-state index contributed by atoms with van der Waals surface area (Å²) in [5.74, 6) is -0.942. The molecule has 0 radical (unpaired) electrons. The van der Waals surface area contributed by atoms with Gasteiger partial charge >= 0.3 is 11.3 Å². The lowest BCUT2D eigenvalue weighted by Crippen LogP contribution is -2.30. The number of amides is 1. The Morgan fingerprint density at radius 2 is 2.22 bits per heavy atom. The maximum atomic E-state index is 13.1. The fourth-order valence-electron chi connectivity index (χ4n) is 1.33. The number of aromatic nitrogens is 1. The molecule has 0 aliphatic heterocycles. The molecule has 0 saturated carbocycles. The summed E-state index contributed by atoms with van der Waals surface area (Å²) in [5, 5.41) is 21.8. The zero-order valence-corrected chi connectivity index (χ0v) is 9.27. The molecule has 0 aliphatic rings. The predicted molar refractivity (Wildman–Crippen MR) is 57.6 cm³/mol. The molecule has 1 aromatic carbocycles. The van der Waals surface area contributed by atoms with Gasteiger partial charge in [-0.1, -0.05) is 0 Å². The zero-order valence-electron chi connectivity index (χ0n) is 8.45. The first-order chi connectivity index (χ1) is 8.40. The Morgan fingerprint density at radius 1 is 1.56 bits per heavy atom. The number of hydrogen-bond donors (Lipinski definition) is 1. The molecule has 0 bridgehead atoms. The molecule has 0 unspecified atom stereocenters. The van der Waals surface area contributed by atoms with Gasteiger partial charge in [-0.25, -0.2) is 9.18 Å². The number of nitro benzene ring substituents is 1. The summed E-state index contributed by atoms with van der Waals surface area (Å²) >= 11 is 0.535. The van der Waals surface area contributed by atoms with Crippen LogP contribution < -0.4 is 15.2 Å². The number of carbonyl (C=O) groups excluding carboxylic acids is 1. The Hall–Kier alpha value is -2.49. The smallest absolute Gasteiger partial charge is 0.452 e. The monoisotopic (exact) mass is 273 g/mol. The highest BCUT2D eigenvalue weighted by atomic mass is 32.1. The van der Waals surface area contributed by atoms with E-state index in [1.807, 2.05) is 0 Å². The van der Waals surface area contributed by atoms with Gasteiger partial charge in [0, 0.05) is 6.07 Å². The van der Waals surface area contributed by atoms with Crippen molar-refractivity contribution in [2.24, 2.45) is 5.73 Å². The van der Waals surface area contributed by atoms with E-state index >= 15 is 0 Å². The molecule has 10 heteroatoms. The number of thiazole rings is 1. The molecule has 0 fully saturated rings. The van der Waals surface area contributed by atoms with E-state index in [1.54, 1.807) is 0 Å². The largest absolute Gasteiger partial charge is 0.615 e.